The molecule has 2 aromatic heterocycles. The minimum absolute atomic E-state index is 0.166. The van der Waals surface area contributed by atoms with Gasteiger partial charge in [-0.1, -0.05) is 24.2 Å². The van der Waals surface area contributed by atoms with Crippen molar-refractivity contribution in [2.45, 2.75) is 51.7 Å². The fourth-order valence-electron chi connectivity index (χ4n) is 3.95. The average Bonchev–Trinajstić information content (AvgIpc) is 3.21. The average molecular weight is 380 g/mol. The zero-order valence-corrected chi connectivity index (χ0v) is 16.5. The van der Waals surface area contributed by atoms with Crippen LogP contribution < -0.4 is 4.90 Å². The maximum atomic E-state index is 13.1. The zero-order chi connectivity index (χ0) is 17.4. The smallest absolute Gasteiger partial charge is 0.264 e. The molecule has 1 amide bonds. The molecular formula is C18H25N3O2S2. The van der Waals surface area contributed by atoms with Gasteiger partial charge in [0.2, 0.25) is 0 Å². The molecule has 25 heavy (non-hydrogen) atoms. The lowest BCUT2D eigenvalue weighted by Crippen LogP contribution is -2.54. The van der Waals surface area contributed by atoms with Crippen LogP contribution in [0.5, 0.6) is 0 Å². The van der Waals surface area contributed by atoms with Gasteiger partial charge in [0.15, 0.2) is 5.13 Å². The van der Waals surface area contributed by atoms with Gasteiger partial charge >= 0.3 is 0 Å². The number of aromatic nitrogens is 1. The molecule has 1 saturated heterocycles. The number of morpholine rings is 1. The number of ether oxygens (including phenoxy) is 1. The van der Waals surface area contributed by atoms with Crippen LogP contribution in [0.2, 0.25) is 0 Å². The van der Waals surface area contributed by atoms with Crippen molar-refractivity contribution >= 4 is 43.2 Å². The van der Waals surface area contributed by atoms with E-state index in [-0.39, 0.29) is 18.1 Å². The molecule has 136 valence electrons. The van der Waals surface area contributed by atoms with Crippen molar-refractivity contribution in [3.8, 4) is 0 Å². The summed E-state index contributed by atoms with van der Waals surface area (Å²) in [5, 5.41) is 1.06. The van der Waals surface area contributed by atoms with Crippen molar-refractivity contribution in [1.29, 1.82) is 0 Å². The molecule has 5 nitrogen and oxygen atoms in total. The van der Waals surface area contributed by atoms with Gasteiger partial charge < -0.3 is 14.5 Å². The van der Waals surface area contributed by atoms with Crippen LogP contribution >= 0.6 is 22.7 Å². The molecule has 2 atom stereocenters. The number of hydrogen-bond donors (Lipinski definition) is 0. The van der Waals surface area contributed by atoms with Crippen LogP contribution in [0.1, 0.15) is 49.2 Å². The third-order valence-electron chi connectivity index (χ3n) is 5.32. The summed E-state index contributed by atoms with van der Waals surface area (Å²) >= 11 is 3.23. The molecule has 0 radical (unpaired) electrons. The minimum Gasteiger partial charge on any atom is -0.374 e. The van der Waals surface area contributed by atoms with E-state index in [0.29, 0.717) is 13.2 Å². The number of carbonyl (C=O) groups excluding carboxylic acids is 1. The Morgan fingerprint density at radius 1 is 1.32 bits per heavy atom. The molecule has 0 N–H and O–H groups in total. The third kappa shape index (κ3) is 3.17. The maximum absolute atomic E-state index is 13.1. The van der Waals surface area contributed by atoms with Crippen molar-refractivity contribution in [3.05, 3.63) is 10.9 Å². The number of rotatable bonds is 4. The van der Waals surface area contributed by atoms with E-state index < -0.39 is 0 Å². The molecule has 4 rings (SSSR count). The summed E-state index contributed by atoms with van der Waals surface area (Å²) in [4.78, 5) is 24.0. The lowest BCUT2D eigenvalue weighted by atomic mass is 9.90. The standard InChI is InChI=1S/C18H25N3O2S2/c1-3-20(4-2)18-19-16-14(25-18)11-15(24-16)17(22)21-9-10-23-13-8-6-5-7-12(13)21/h11-13H,3-10H2,1-2H3. The molecule has 0 aromatic carbocycles. The van der Waals surface area contributed by atoms with Gasteiger partial charge in [0, 0.05) is 19.6 Å². The second-order valence-corrected chi connectivity index (χ2v) is 8.75. The predicted molar refractivity (Wildman–Crippen MR) is 104 cm³/mol. The first kappa shape index (κ1) is 17.2. The van der Waals surface area contributed by atoms with E-state index in [0.717, 1.165) is 45.5 Å². The van der Waals surface area contributed by atoms with Gasteiger partial charge in [-0.3, -0.25) is 4.79 Å². The second-order valence-electron chi connectivity index (χ2n) is 6.71. The topological polar surface area (TPSA) is 45.7 Å². The summed E-state index contributed by atoms with van der Waals surface area (Å²) in [6.07, 6.45) is 4.81. The number of hydrogen-bond acceptors (Lipinski definition) is 6. The van der Waals surface area contributed by atoms with Crippen molar-refractivity contribution in [2.75, 3.05) is 31.1 Å². The Labute approximate surface area is 156 Å². The van der Waals surface area contributed by atoms with Gasteiger partial charge in [0.1, 0.15) is 4.83 Å². The molecule has 1 aliphatic carbocycles. The number of carbonyl (C=O) groups is 1. The monoisotopic (exact) mass is 379 g/mol. The summed E-state index contributed by atoms with van der Waals surface area (Å²) in [7, 11) is 0. The predicted octanol–water partition coefficient (Wildman–Crippen LogP) is 3.99. The molecule has 1 saturated carbocycles. The summed E-state index contributed by atoms with van der Waals surface area (Å²) < 4.78 is 7.03. The molecular weight excluding hydrogens is 354 g/mol. The molecule has 3 heterocycles. The number of thiophene rings is 1. The van der Waals surface area contributed by atoms with Gasteiger partial charge in [-0.25, -0.2) is 4.98 Å². The van der Waals surface area contributed by atoms with E-state index in [1.807, 2.05) is 6.07 Å². The first-order valence-corrected chi connectivity index (χ1v) is 10.9. The van der Waals surface area contributed by atoms with E-state index in [2.05, 4.69) is 23.6 Å². The highest BCUT2D eigenvalue weighted by molar-refractivity contribution is 7.29. The fraction of sp³-hybridized carbons (Fsp3) is 0.667. The first-order chi connectivity index (χ1) is 12.2. The van der Waals surface area contributed by atoms with E-state index in [1.165, 1.54) is 24.2 Å². The Bertz CT molecular complexity index is 719. The lowest BCUT2D eigenvalue weighted by Gasteiger charge is -2.43. The van der Waals surface area contributed by atoms with Crippen LogP contribution in [0.15, 0.2) is 6.07 Å². The third-order valence-corrected chi connectivity index (χ3v) is 7.53. The maximum Gasteiger partial charge on any atom is 0.264 e. The normalized spacial score (nSPS) is 23.7. The largest absolute Gasteiger partial charge is 0.374 e. The lowest BCUT2D eigenvalue weighted by molar-refractivity contribution is -0.0751. The summed E-state index contributed by atoms with van der Waals surface area (Å²) in [6.45, 7) is 7.58. The molecule has 2 aromatic rings. The zero-order valence-electron chi connectivity index (χ0n) is 14.9. The molecule has 2 fully saturated rings. The number of fused-ring (bicyclic) bond motifs is 2. The fourth-order valence-corrected chi connectivity index (χ4v) is 6.24. The SMILES string of the molecule is CCN(CC)c1nc2sc(C(=O)N3CCOC4CCCCC43)cc2s1. The van der Waals surface area contributed by atoms with E-state index in [9.17, 15) is 4.79 Å². The van der Waals surface area contributed by atoms with Crippen LogP contribution in [-0.2, 0) is 4.74 Å². The molecule has 0 spiro atoms. The number of anilines is 1. The number of nitrogens with zero attached hydrogens (tertiary/aromatic N) is 3. The highest BCUT2D eigenvalue weighted by Gasteiger charge is 2.37. The Balaban J connectivity index is 1.56. The minimum atomic E-state index is 0.166. The highest BCUT2D eigenvalue weighted by atomic mass is 32.1. The Kier molecular flexibility index (Phi) is 4.97. The van der Waals surface area contributed by atoms with Gasteiger partial charge in [0.05, 0.1) is 28.3 Å². The van der Waals surface area contributed by atoms with Crippen LogP contribution in [0.25, 0.3) is 9.53 Å². The van der Waals surface area contributed by atoms with Crippen molar-refractivity contribution in [1.82, 2.24) is 9.88 Å². The van der Waals surface area contributed by atoms with Gasteiger partial charge in [-0.2, -0.15) is 0 Å². The summed E-state index contributed by atoms with van der Waals surface area (Å²) in [6, 6.07) is 2.30. The van der Waals surface area contributed by atoms with Gasteiger partial charge in [-0.05, 0) is 32.8 Å². The second kappa shape index (κ2) is 7.21. The number of amides is 1. The Morgan fingerprint density at radius 3 is 2.88 bits per heavy atom. The molecule has 1 aliphatic heterocycles. The van der Waals surface area contributed by atoms with Crippen LogP contribution in [0, 0.1) is 0 Å². The number of thiazole rings is 1. The van der Waals surface area contributed by atoms with E-state index >= 15 is 0 Å². The van der Waals surface area contributed by atoms with E-state index in [1.54, 1.807) is 11.3 Å². The molecule has 2 unspecified atom stereocenters. The first-order valence-electron chi connectivity index (χ1n) is 9.29. The quantitative estimate of drug-likeness (QED) is 0.806. The molecule has 7 heteroatoms. The Hall–Kier alpha value is -1.18. The van der Waals surface area contributed by atoms with Crippen LogP contribution in [-0.4, -0.2) is 54.2 Å². The summed E-state index contributed by atoms with van der Waals surface area (Å²) in [5.41, 5.74) is 0. The highest BCUT2D eigenvalue weighted by Crippen LogP contribution is 2.36. The Morgan fingerprint density at radius 2 is 2.12 bits per heavy atom. The molecule has 0 bridgehead atoms. The van der Waals surface area contributed by atoms with E-state index in [4.69, 9.17) is 9.72 Å². The molecule has 2 aliphatic rings. The van der Waals surface area contributed by atoms with Crippen molar-refractivity contribution in [3.63, 3.8) is 0 Å². The van der Waals surface area contributed by atoms with Crippen LogP contribution in [0.4, 0.5) is 5.13 Å². The summed E-state index contributed by atoms with van der Waals surface area (Å²) in [5.74, 6) is 0.166. The van der Waals surface area contributed by atoms with Gasteiger partial charge in [-0.15, -0.1) is 11.3 Å². The van der Waals surface area contributed by atoms with Crippen molar-refractivity contribution in [2.24, 2.45) is 0 Å². The van der Waals surface area contributed by atoms with Gasteiger partial charge in [0.25, 0.3) is 5.91 Å². The van der Waals surface area contributed by atoms with Crippen molar-refractivity contribution < 1.29 is 9.53 Å². The van der Waals surface area contributed by atoms with Crippen LogP contribution in [0.3, 0.4) is 0 Å².